The van der Waals surface area contributed by atoms with Crippen molar-refractivity contribution in [3.05, 3.63) is 57.3 Å². The molecule has 30 heavy (non-hydrogen) atoms. The fourth-order valence-electron chi connectivity index (χ4n) is 4.63. The van der Waals surface area contributed by atoms with Crippen LogP contribution in [0.15, 0.2) is 34.7 Å². The molecule has 2 aliphatic heterocycles. The van der Waals surface area contributed by atoms with Gasteiger partial charge < -0.3 is 4.90 Å². The molecule has 0 radical (unpaired) electrons. The van der Waals surface area contributed by atoms with Crippen LogP contribution < -0.4 is 0 Å². The minimum Gasteiger partial charge on any atom is -0.306 e. The van der Waals surface area contributed by atoms with Gasteiger partial charge in [0.1, 0.15) is 16.7 Å². The number of carbonyl (C=O) groups excluding carboxylic acids is 1. The van der Waals surface area contributed by atoms with Gasteiger partial charge in [-0.15, -0.1) is 11.3 Å². The highest BCUT2D eigenvalue weighted by molar-refractivity contribution is 8.15. The van der Waals surface area contributed by atoms with Crippen molar-refractivity contribution in [1.82, 2.24) is 9.91 Å². The third-order valence-electron chi connectivity index (χ3n) is 6.30. The highest BCUT2D eigenvalue weighted by Gasteiger charge is 2.52. The Morgan fingerprint density at radius 2 is 2.03 bits per heavy atom. The third-order valence-corrected chi connectivity index (χ3v) is 8.95. The van der Waals surface area contributed by atoms with Gasteiger partial charge in [-0.2, -0.15) is 5.10 Å². The quantitative estimate of drug-likeness (QED) is 0.664. The second-order valence-corrected chi connectivity index (χ2v) is 10.5. The second kappa shape index (κ2) is 7.73. The first-order valence-corrected chi connectivity index (χ1v) is 12.0. The van der Waals surface area contributed by atoms with Crippen LogP contribution in [0.4, 0.5) is 8.78 Å². The Hall–Kier alpha value is -1.77. The number of fused-ring (bicyclic) bond motifs is 2. The summed E-state index contributed by atoms with van der Waals surface area (Å²) in [5.41, 5.74) is 1.36. The van der Waals surface area contributed by atoms with Crippen LogP contribution in [0.25, 0.3) is 0 Å². The number of piperidine rings is 1. The summed E-state index contributed by atoms with van der Waals surface area (Å²) < 4.78 is 28.5. The van der Waals surface area contributed by atoms with Crippen molar-refractivity contribution in [2.24, 2.45) is 11.0 Å². The summed E-state index contributed by atoms with van der Waals surface area (Å²) in [5.74, 6) is -1.12. The van der Waals surface area contributed by atoms with Crippen LogP contribution in [0.3, 0.4) is 0 Å². The van der Waals surface area contributed by atoms with E-state index in [2.05, 4.69) is 28.5 Å². The largest absolute Gasteiger partial charge is 0.306 e. The Balaban J connectivity index is 1.57. The number of aryl methyl sites for hydroxylation is 1. The molecule has 4 nitrogen and oxygen atoms in total. The first-order chi connectivity index (χ1) is 14.5. The van der Waals surface area contributed by atoms with Gasteiger partial charge in [0.2, 0.25) is 5.91 Å². The zero-order valence-electron chi connectivity index (χ0n) is 16.7. The molecule has 1 fully saturated rings. The lowest BCUT2D eigenvalue weighted by atomic mass is 9.91. The minimum atomic E-state index is -0.656. The molecule has 0 bridgehead atoms. The SMILES string of the molecule is CN1CCC(C(=O)N2N=C(c3cc(F)ccc3F)SC23CCCc2ccsc23)CC1. The van der Waals surface area contributed by atoms with Crippen LogP contribution in [-0.2, 0) is 16.1 Å². The van der Waals surface area contributed by atoms with Crippen LogP contribution >= 0.6 is 23.1 Å². The number of likely N-dealkylation sites (tertiary alicyclic amines) is 1. The maximum Gasteiger partial charge on any atom is 0.247 e. The number of hydrogen-bond acceptors (Lipinski definition) is 5. The monoisotopic (exact) mass is 447 g/mol. The molecule has 1 aromatic carbocycles. The molecule has 3 aliphatic rings. The normalized spacial score (nSPS) is 24.9. The summed E-state index contributed by atoms with van der Waals surface area (Å²) in [6, 6.07) is 5.52. The van der Waals surface area contributed by atoms with E-state index in [1.54, 1.807) is 16.3 Å². The summed E-state index contributed by atoms with van der Waals surface area (Å²) in [6.45, 7) is 1.76. The lowest BCUT2D eigenvalue weighted by Gasteiger charge is -2.40. The van der Waals surface area contributed by atoms with E-state index in [1.165, 1.54) is 23.4 Å². The summed E-state index contributed by atoms with van der Waals surface area (Å²) in [6.07, 6.45) is 4.25. The smallest absolute Gasteiger partial charge is 0.247 e. The van der Waals surface area contributed by atoms with Crippen molar-refractivity contribution in [2.45, 2.75) is 37.0 Å². The molecule has 0 N–H and O–H groups in total. The van der Waals surface area contributed by atoms with E-state index in [0.29, 0.717) is 5.04 Å². The molecule has 8 heteroatoms. The Kier molecular flexibility index (Phi) is 5.19. The van der Waals surface area contributed by atoms with Crippen molar-refractivity contribution < 1.29 is 13.6 Å². The maximum absolute atomic E-state index is 14.6. The molecule has 1 saturated heterocycles. The first-order valence-electron chi connectivity index (χ1n) is 10.3. The Bertz CT molecular complexity index is 1020. The number of benzene rings is 1. The third kappa shape index (κ3) is 3.29. The van der Waals surface area contributed by atoms with Gasteiger partial charge in [-0.3, -0.25) is 4.79 Å². The summed E-state index contributed by atoms with van der Waals surface area (Å²) in [7, 11) is 2.07. The van der Waals surface area contributed by atoms with Crippen LogP contribution in [0.1, 0.15) is 41.7 Å². The van der Waals surface area contributed by atoms with E-state index < -0.39 is 16.5 Å². The van der Waals surface area contributed by atoms with E-state index in [9.17, 15) is 13.6 Å². The number of amides is 1. The number of thioether (sulfide) groups is 1. The number of hydrogen-bond donors (Lipinski definition) is 0. The first kappa shape index (κ1) is 20.2. The minimum absolute atomic E-state index is 0.00339. The van der Waals surface area contributed by atoms with Crippen molar-refractivity contribution >= 4 is 34.0 Å². The van der Waals surface area contributed by atoms with E-state index in [0.717, 1.165) is 62.2 Å². The predicted molar refractivity (Wildman–Crippen MR) is 116 cm³/mol. The lowest BCUT2D eigenvalue weighted by molar-refractivity contribution is -0.140. The van der Waals surface area contributed by atoms with E-state index in [4.69, 9.17) is 0 Å². The van der Waals surface area contributed by atoms with E-state index in [1.807, 2.05) is 0 Å². The fourth-order valence-corrected chi connectivity index (χ4v) is 7.36. The van der Waals surface area contributed by atoms with Gasteiger partial charge in [0.15, 0.2) is 4.87 Å². The predicted octanol–water partition coefficient (Wildman–Crippen LogP) is 4.79. The Labute approximate surface area is 182 Å². The molecular weight excluding hydrogens is 424 g/mol. The molecular formula is C22H23F2N3OS2. The average molecular weight is 448 g/mol. The molecule has 1 unspecified atom stereocenters. The van der Waals surface area contributed by atoms with E-state index in [-0.39, 0.29) is 17.4 Å². The van der Waals surface area contributed by atoms with Crippen LogP contribution in [-0.4, -0.2) is 41.0 Å². The van der Waals surface area contributed by atoms with Gasteiger partial charge in [0.05, 0.1) is 0 Å². The molecule has 1 atom stereocenters. The van der Waals surface area contributed by atoms with Crippen LogP contribution in [0.2, 0.25) is 0 Å². The molecule has 1 amide bonds. The molecule has 5 rings (SSSR count). The van der Waals surface area contributed by atoms with Crippen molar-refractivity contribution in [2.75, 3.05) is 20.1 Å². The highest BCUT2D eigenvalue weighted by Crippen LogP contribution is 2.56. The summed E-state index contributed by atoms with van der Waals surface area (Å²) in [5, 5.41) is 8.72. The van der Waals surface area contributed by atoms with Gasteiger partial charge in [-0.05, 0) is 87.5 Å². The Morgan fingerprint density at radius 3 is 2.83 bits per heavy atom. The highest BCUT2D eigenvalue weighted by atomic mass is 32.2. The average Bonchev–Trinajstić information content (AvgIpc) is 3.36. The summed E-state index contributed by atoms with van der Waals surface area (Å²) in [4.78, 5) is 16.4. The van der Waals surface area contributed by atoms with Crippen LogP contribution in [0.5, 0.6) is 0 Å². The van der Waals surface area contributed by atoms with Crippen molar-refractivity contribution in [3.63, 3.8) is 0 Å². The second-order valence-electron chi connectivity index (χ2n) is 8.27. The maximum atomic E-state index is 14.6. The Morgan fingerprint density at radius 1 is 1.23 bits per heavy atom. The van der Waals surface area contributed by atoms with Gasteiger partial charge in [0, 0.05) is 16.4 Å². The molecule has 2 aromatic rings. The molecule has 3 heterocycles. The number of nitrogens with zero attached hydrogens (tertiary/aromatic N) is 3. The molecule has 1 aromatic heterocycles. The van der Waals surface area contributed by atoms with Gasteiger partial charge in [0.25, 0.3) is 0 Å². The van der Waals surface area contributed by atoms with E-state index >= 15 is 0 Å². The number of halogens is 2. The fraction of sp³-hybridized carbons (Fsp3) is 0.455. The number of thiophene rings is 1. The number of rotatable bonds is 2. The zero-order valence-corrected chi connectivity index (χ0v) is 18.4. The molecule has 0 saturated carbocycles. The lowest BCUT2D eigenvalue weighted by Crippen LogP contribution is -2.47. The van der Waals surface area contributed by atoms with Gasteiger partial charge in [-0.1, -0.05) is 11.8 Å². The van der Waals surface area contributed by atoms with Crippen molar-refractivity contribution in [1.29, 1.82) is 0 Å². The van der Waals surface area contributed by atoms with Crippen LogP contribution in [0, 0.1) is 17.6 Å². The van der Waals surface area contributed by atoms with Gasteiger partial charge in [-0.25, -0.2) is 13.8 Å². The molecule has 1 aliphatic carbocycles. The number of hydrazone groups is 1. The topological polar surface area (TPSA) is 35.9 Å². The standard InChI is InChI=1S/C22H23F2N3OS2/c1-26-10-6-15(7-11-26)21(28)27-22(9-2-3-14-8-12-29-19(14)22)30-20(25-27)17-13-16(23)4-5-18(17)24/h4-5,8,12-13,15H,2-3,6-7,9-11H2,1H3. The molecule has 158 valence electrons. The zero-order chi connectivity index (χ0) is 20.9. The van der Waals surface area contributed by atoms with Crippen molar-refractivity contribution in [3.8, 4) is 0 Å². The van der Waals surface area contributed by atoms with Gasteiger partial charge >= 0.3 is 0 Å². The number of carbonyl (C=O) groups is 1. The summed E-state index contributed by atoms with van der Waals surface area (Å²) >= 11 is 3.04. The molecule has 1 spiro atoms.